The van der Waals surface area contributed by atoms with Crippen LogP contribution in [0.25, 0.3) is 10.9 Å². The van der Waals surface area contributed by atoms with Crippen LogP contribution in [-0.2, 0) is 9.59 Å². The monoisotopic (exact) mass is 464 g/mol. The number of carbonyl (C=O) groups excluding carboxylic acids is 2. The van der Waals surface area contributed by atoms with Gasteiger partial charge in [0.2, 0.25) is 11.8 Å². The quantitative estimate of drug-likeness (QED) is 0.382. The van der Waals surface area contributed by atoms with Crippen LogP contribution in [0.3, 0.4) is 0 Å². The number of amides is 2. The lowest BCUT2D eigenvalue weighted by atomic mass is 10.2. The average Bonchev–Trinajstić information content (AvgIpc) is 3.64. The lowest BCUT2D eigenvalue weighted by Gasteiger charge is -2.22. The maximum Gasteiger partial charge on any atom is 0.262 e. The first kappa shape index (κ1) is 23.0. The lowest BCUT2D eigenvalue weighted by molar-refractivity contribution is -0.132. The van der Waals surface area contributed by atoms with Crippen LogP contribution >= 0.6 is 11.8 Å². The molecule has 172 valence electrons. The smallest absolute Gasteiger partial charge is 0.262 e. The number of hydrogen-bond donors (Lipinski definition) is 1. The second kappa shape index (κ2) is 10.2. The summed E-state index contributed by atoms with van der Waals surface area (Å²) in [5.74, 6) is -0.254. The van der Waals surface area contributed by atoms with E-state index in [4.69, 9.17) is 0 Å². The number of nitrogens with one attached hydrogen (secondary N) is 1. The van der Waals surface area contributed by atoms with Crippen LogP contribution in [-0.4, -0.2) is 45.1 Å². The number of anilines is 1. The van der Waals surface area contributed by atoms with Crippen molar-refractivity contribution in [2.45, 2.75) is 44.3 Å². The first-order valence-corrected chi connectivity index (χ1v) is 12.2. The summed E-state index contributed by atoms with van der Waals surface area (Å²) in [6.45, 7) is 4.38. The maximum absolute atomic E-state index is 13.0. The van der Waals surface area contributed by atoms with E-state index in [1.807, 2.05) is 56.3 Å². The molecule has 1 aliphatic carbocycles. The van der Waals surface area contributed by atoms with Crippen molar-refractivity contribution in [2.75, 3.05) is 24.2 Å². The topological polar surface area (TPSA) is 84.3 Å². The molecule has 3 aromatic rings. The summed E-state index contributed by atoms with van der Waals surface area (Å²) in [6.07, 6.45) is 2.64. The largest absolute Gasteiger partial charge is 0.333 e. The van der Waals surface area contributed by atoms with Crippen molar-refractivity contribution in [3.8, 4) is 0 Å². The molecule has 0 bridgehead atoms. The van der Waals surface area contributed by atoms with Gasteiger partial charge < -0.3 is 10.2 Å². The van der Waals surface area contributed by atoms with E-state index in [-0.39, 0.29) is 35.7 Å². The molecule has 2 amide bonds. The van der Waals surface area contributed by atoms with E-state index < -0.39 is 0 Å². The van der Waals surface area contributed by atoms with Gasteiger partial charge in [-0.15, -0.1) is 0 Å². The van der Waals surface area contributed by atoms with Gasteiger partial charge in [0.25, 0.3) is 5.56 Å². The number of para-hydroxylation sites is 2. The Balaban J connectivity index is 1.46. The molecule has 0 radical (unpaired) electrons. The second-order valence-electron chi connectivity index (χ2n) is 8.28. The van der Waals surface area contributed by atoms with Gasteiger partial charge in [-0.25, -0.2) is 4.98 Å². The normalized spacial score (nSPS) is 13.2. The predicted octanol–water partition coefficient (Wildman–Crippen LogP) is 4.01. The van der Waals surface area contributed by atoms with Crippen LogP contribution in [0.15, 0.2) is 58.5 Å². The average molecular weight is 465 g/mol. The molecule has 8 heteroatoms. The standard InChI is InChI=1S/C25H28N4O3S/c1-3-14-28(15-22(30)26-20-10-6-4-8-17(20)2)23(31)16-33-25-27-21-11-7-5-9-19(21)24(32)29(25)18-12-13-18/h4-11,18H,3,12-16H2,1-2H3,(H,26,30). The van der Waals surface area contributed by atoms with Crippen LogP contribution in [0, 0.1) is 6.92 Å². The van der Waals surface area contributed by atoms with Crippen LogP contribution in [0.4, 0.5) is 5.69 Å². The molecular weight excluding hydrogens is 436 g/mol. The summed E-state index contributed by atoms with van der Waals surface area (Å²) in [5.41, 5.74) is 2.29. The van der Waals surface area contributed by atoms with E-state index in [2.05, 4.69) is 10.3 Å². The van der Waals surface area contributed by atoms with Crippen molar-refractivity contribution in [3.63, 3.8) is 0 Å². The minimum Gasteiger partial charge on any atom is -0.333 e. The van der Waals surface area contributed by atoms with Gasteiger partial charge in [0.1, 0.15) is 0 Å². The fraction of sp³-hybridized carbons (Fsp3) is 0.360. The number of nitrogens with zero attached hydrogens (tertiary/aromatic N) is 3. The lowest BCUT2D eigenvalue weighted by Crippen LogP contribution is -2.39. The van der Waals surface area contributed by atoms with E-state index >= 15 is 0 Å². The molecule has 2 aromatic carbocycles. The number of thioether (sulfide) groups is 1. The highest BCUT2D eigenvalue weighted by molar-refractivity contribution is 7.99. The molecule has 0 unspecified atom stereocenters. The van der Waals surface area contributed by atoms with Crippen LogP contribution in [0.5, 0.6) is 0 Å². The van der Waals surface area contributed by atoms with Gasteiger partial charge in [-0.1, -0.05) is 49.0 Å². The van der Waals surface area contributed by atoms with E-state index in [1.165, 1.54) is 11.8 Å². The van der Waals surface area contributed by atoms with Gasteiger partial charge in [-0.05, 0) is 49.9 Å². The first-order valence-electron chi connectivity index (χ1n) is 11.2. The van der Waals surface area contributed by atoms with Gasteiger partial charge in [0, 0.05) is 18.3 Å². The maximum atomic E-state index is 13.0. The summed E-state index contributed by atoms with van der Waals surface area (Å²) >= 11 is 1.27. The Morgan fingerprint density at radius 3 is 2.61 bits per heavy atom. The zero-order valence-electron chi connectivity index (χ0n) is 18.9. The summed E-state index contributed by atoms with van der Waals surface area (Å²) in [6, 6.07) is 15.0. The van der Waals surface area contributed by atoms with Crippen molar-refractivity contribution in [3.05, 3.63) is 64.4 Å². The highest BCUT2D eigenvalue weighted by atomic mass is 32.2. The molecule has 0 aliphatic heterocycles. The molecule has 7 nitrogen and oxygen atoms in total. The zero-order chi connectivity index (χ0) is 23.4. The van der Waals surface area contributed by atoms with Crippen LogP contribution in [0.2, 0.25) is 0 Å². The Bertz CT molecular complexity index is 1240. The number of carbonyl (C=O) groups is 2. The fourth-order valence-electron chi connectivity index (χ4n) is 3.74. The predicted molar refractivity (Wildman–Crippen MR) is 132 cm³/mol. The molecule has 33 heavy (non-hydrogen) atoms. The van der Waals surface area contributed by atoms with Crippen molar-refractivity contribution >= 4 is 40.2 Å². The molecule has 1 N–H and O–H groups in total. The Kier molecular flexibility index (Phi) is 7.13. The number of fused-ring (bicyclic) bond motifs is 1. The Morgan fingerprint density at radius 2 is 1.88 bits per heavy atom. The SMILES string of the molecule is CCCN(CC(=O)Nc1ccccc1C)C(=O)CSc1nc2ccccc2c(=O)n1C1CC1. The molecular formula is C25H28N4O3S. The number of benzene rings is 2. The van der Waals surface area contributed by atoms with Gasteiger partial charge >= 0.3 is 0 Å². The summed E-state index contributed by atoms with van der Waals surface area (Å²) < 4.78 is 1.73. The summed E-state index contributed by atoms with van der Waals surface area (Å²) in [4.78, 5) is 44.9. The second-order valence-corrected chi connectivity index (χ2v) is 9.23. The fourth-order valence-corrected chi connectivity index (χ4v) is 4.71. The molecule has 1 fully saturated rings. The van der Waals surface area contributed by atoms with E-state index in [9.17, 15) is 14.4 Å². The molecule has 0 saturated heterocycles. The third-order valence-electron chi connectivity index (χ3n) is 5.61. The Labute approximate surface area is 197 Å². The summed E-state index contributed by atoms with van der Waals surface area (Å²) in [5, 5.41) is 4.05. The Hall–Kier alpha value is -3.13. The number of hydrogen-bond acceptors (Lipinski definition) is 5. The van der Waals surface area contributed by atoms with Gasteiger partial charge in [0.15, 0.2) is 5.16 Å². The minimum absolute atomic E-state index is 0.0118. The molecule has 0 atom stereocenters. The van der Waals surface area contributed by atoms with Crippen molar-refractivity contribution in [2.24, 2.45) is 0 Å². The van der Waals surface area contributed by atoms with Gasteiger partial charge in [-0.3, -0.25) is 19.0 Å². The van der Waals surface area contributed by atoms with Gasteiger partial charge in [0.05, 0.1) is 23.2 Å². The Morgan fingerprint density at radius 1 is 1.15 bits per heavy atom. The molecule has 0 spiro atoms. The highest BCUT2D eigenvalue weighted by Crippen LogP contribution is 2.36. The molecule has 1 saturated carbocycles. The molecule has 1 heterocycles. The van der Waals surface area contributed by atoms with Crippen LogP contribution in [0.1, 0.15) is 37.8 Å². The number of rotatable bonds is 9. The summed E-state index contributed by atoms with van der Waals surface area (Å²) in [7, 11) is 0. The van der Waals surface area contributed by atoms with Crippen molar-refractivity contribution in [1.29, 1.82) is 0 Å². The van der Waals surface area contributed by atoms with Crippen molar-refractivity contribution in [1.82, 2.24) is 14.5 Å². The molecule has 1 aromatic heterocycles. The molecule has 4 rings (SSSR count). The third kappa shape index (κ3) is 5.45. The van der Waals surface area contributed by atoms with E-state index in [0.717, 1.165) is 30.5 Å². The first-order chi connectivity index (χ1) is 16.0. The number of aryl methyl sites for hydroxylation is 1. The third-order valence-corrected chi connectivity index (χ3v) is 6.55. The molecule has 1 aliphatic rings. The number of aromatic nitrogens is 2. The van der Waals surface area contributed by atoms with E-state index in [0.29, 0.717) is 22.6 Å². The van der Waals surface area contributed by atoms with Crippen molar-refractivity contribution < 1.29 is 9.59 Å². The zero-order valence-corrected chi connectivity index (χ0v) is 19.7. The minimum atomic E-state index is -0.227. The highest BCUT2D eigenvalue weighted by Gasteiger charge is 2.29. The van der Waals surface area contributed by atoms with Crippen LogP contribution < -0.4 is 10.9 Å². The van der Waals surface area contributed by atoms with Gasteiger partial charge in [-0.2, -0.15) is 0 Å². The van der Waals surface area contributed by atoms with E-state index in [1.54, 1.807) is 15.5 Å².